The van der Waals surface area contributed by atoms with Crippen molar-refractivity contribution in [3.05, 3.63) is 16.3 Å². The Bertz CT molecular complexity index is 530. The fourth-order valence-electron chi connectivity index (χ4n) is 2.26. The van der Waals surface area contributed by atoms with E-state index in [4.69, 9.17) is 4.74 Å². The number of hydrogen-bond donors (Lipinski definition) is 2. The van der Waals surface area contributed by atoms with Crippen molar-refractivity contribution in [3.63, 3.8) is 0 Å². The minimum Gasteiger partial charge on any atom is -0.377 e. The number of methoxy groups -OCH3 is 1. The van der Waals surface area contributed by atoms with Gasteiger partial charge in [-0.1, -0.05) is 6.92 Å². The van der Waals surface area contributed by atoms with Gasteiger partial charge in [-0.2, -0.15) is 0 Å². The van der Waals surface area contributed by atoms with Crippen LogP contribution in [0.25, 0.3) is 0 Å². The van der Waals surface area contributed by atoms with Crippen LogP contribution >= 0.6 is 11.3 Å². The number of hydrogen-bond acceptors (Lipinski definition) is 5. The normalized spacial score (nSPS) is 17.9. The van der Waals surface area contributed by atoms with E-state index in [1.54, 1.807) is 13.2 Å². The van der Waals surface area contributed by atoms with Crippen LogP contribution in [0.2, 0.25) is 0 Å². The van der Waals surface area contributed by atoms with Gasteiger partial charge >= 0.3 is 0 Å². The van der Waals surface area contributed by atoms with Crippen LogP contribution in [0.5, 0.6) is 0 Å². The molecule has 0 unspecified atom stereocenters. The summed E-state index contributed by atoms with van der Waals surface area (Å²) in [7, 11) is -1.81. The van der Waals surface area contributed by atoms with Crippen molar-refractivity contribution in [1.82, 2.24) is 10.0 Å². The molecule has 0 atom stereocenters. The molecule has 0 bridgehead atoms. The summed E-state index contributed by atoms with van der Waals surface area (Å²) in [5, 5.41) is 4.98. The second-order valence-corrected chi connectivity index (χ2v) is 7.79. The molecule has 7 heteroatoms. The van der Waals surface area contributed by atoms with Crippen molar-refractivity contribution in [2.45, 2.75) is 43.2 Å². The average molecular weight is 318 g/mol. The molecule has 114 valence electrons. The van der Waals surface area contributed by atoms with Gasteiger partial charge in [-0.3, -0.25) is 0 Å². The monoisotopic (exact) mass is 318 g/mol. The third kappa shape index (κ3) is 3.40. The van der Waals surface area contributed by atoms with Crippen LogP contribution < -0.4 is 10.0 Å². The zero-order valence-electron chi connectivity index (χ0n) is 11.9. The second kappa shape index (κ2) is 6.53. The molecule has 0 radical (unpaired) electrons. The van der Waals surface area contributed by atoms with Crippen LogP contribution in [0.1, 0.15) is 31.1 Å². The van der Waals surface area contributed by atoms with E-state index in [1.165, 1.54) is 11.3 Å². The molecule has 1 aliphatic carbocycles. The van der Waals surface area contributed by atoms with Gasteiger partial charge in [0.1, 0.15) is 0 Å². The van der Waals surface area contributed by atoms with Gasteiger partial charge in [0.05, 0.1) is 10.5 Å². The molecule has 1 aromatic heterocycles. The standard InChI is InChI=1S/C13H22N2O3S2/c1-3-14-9-11-12(5-8-19-11)20(16,17)15-10-13(18-2)6-4-7-13/h5,8,14-15H,3-4,6-7,9-10H2,1-2H3. The summed E-state index contributed by atoms with van der Waals surface area (Å²) in [4.78, 5) is 1.23. The molecule has 2 rings (SSSR count). The molecular formula is C13H22N2O3S2. The highest BCUT2D eigenvalue weighted by molar-refractivity contribution is 7.89. The van der Waals surface area contributed by atoms with Crippen LogP contribution in [0.3, 0.4) is 0 Å². The van der Waals surface area contributed by atoms with Gasteiger partial charge < -0.3 is 10.1 Å². The summed E-state index contributed by atoms with van der Waals surface area (Å²) in [6.45, 7) is 3.75. The molecule has 20 heavy (non-hydrogen) atoms. The van der Waals surface area contributed by atoms with Gasteiger partial charge in [0.15, 0.2) is 0 Å². The first-order valence-corrected chi connectivity index (χ1v) is 9.21. The molecule has 0 saturated heterocycles. The predicted octanol–water partition coefficient (Wildman–Crippen LogP) is 1.70. The number of ether oxygens (including phenoxy) is 1. The maximum absolute atomic E-state index is 12.4. The fourth-order valence-corrected chi connectivity index (χ4v) is 4.79. The maximum atomic E-state index is 12.4. The first-order valence-electron chi connectivity index (χ1n) is 6.85. The number of thiophene rings is 1. The summed E-state index contributed by atoms with van der Waals surface area (Å²) in [5.41, 5.74) is -0.301. The Kier molecular flexibility index (Phi) is 5.19. The van der Waals surface area contributed by atoms with Crippen LogP contribution in [0, 0.1) is 0 Å². The molecule has 0 amide bonds. The topological polar surface area (TPSA) is 67.4 Å². The molecule has 1 aliphatic rings. The van der Waals surface area contributed by atoms with Crippen LogP contribution in [0.4, 0.5) is 0 Å². The second-order valence-electron chi connectivity index (χ2n) is 5.05. The summed E-state index contributed by atoms with van der Waals surface area (Å²) in [5.74, 6) is 0. The van der Waals surface area contributed by atoms with E-state index >= 15 is 0 Å². The molecule has 1 saturated carbocycles. The lowest BCUT2D eigenvalue weighted by molar-refractivity contribution is -0.0659. The maximum Gasteiger partial charge on any atom is 0.241 e. The van der Waals surface area contributed by atoms with E-state index < -0.39 is 10.0 Å². The molecular weight excluding hydrogens is 296 g/mol. The Morgan fingerprint density at radius 3 is 2.75 bits per heavy atom. The third-order valence-corrected chi connectivity index (χ3v) is 6.35. The van der Waals surface area contributed by atoms with Gasteiger partial charge in [0.2, 0.25) is 10.0 Å². The zero-order valence-corrected chi connectivity index (χ0v) is 13.6. The lowest BCUT2D eigenvalue weighted by Crippen LogP contribution is -2.49. The first-order chi connectivity index (χ1) is 9.53. The number of rotatable bonds is 8. The van der Waals surface area contributed by atoms with Crippen molar-refractivity contribution in [3.8, 4) is 0 Å². The Morgan fingerprint density at radius 2 is 2.20 bits per heavy atom. The third-order valence-electron chi connectivity index (χ3n) is 3.81. The summed E-state index contributed by atoms with van der Waals surface area (Å²) in [6, 6.07) is 1.67. The van der Waals surface area contributed by atoms with E-state index in [-0.39, 0.29) is 5.60 Å². The summed E-state index contributed by atoms with van der Waals surface area (Å²) >= 11 is 1.46. The molecule has 2 N–H and O–H groups in total. The molecule has 5 nitrogen and oxygen atoms in total. The van der Waals surface area contributed by atoms with Crippen LogP contribution in [-0.4, -0.2) is 34.2 Å². The van der Waals surface area contributed by atoms with E-state index in [0.29, 0.717) is 18.0 Å². The van der Waals surface area contributed by atoms with E-state index in [2.05, 4.69) is 10.0 Å². The van der Waals surface area contributed by atoms with Gasteiger partial charge in [0.25, 0.3) is 0 Å². The largest absolute Gasteiger partial charge is 0.377 e. The minimum atomic E-state index is -3.46. The van der Waals surface area contributed by atoms with E-state index in [0.717, 1.165) is 30.7 Å². The van der Waals surface area contributed by atoms with Crippen molar-refractivity contribution in [2.24, 2.45) is 0 Å². The molecule has 0 aromatic carbocycles. The van der Waals surface area contributed by atoms with Crippen LogP contribution in [0.15, 0.2) is 16.3 Å². The molecule has 0 spiro atoms. The minimum absolute atomic E-state index is 0.301. The highest BCUT2D eigenvalue weighted by atomic mass is 32.2. The summed E-state index contributed by atoms with van der Waals surface area (Å²) in [6.07, 6.45) is 2.93. The predicted molar refractivity (Wildman–Crippen MR) is 80.5 cm³/mol. The lowest BCUT2D eigenvalue weighted by atomic mass is 9.80. The fraction of sp³-hybridized carbons (Fsp3) is 0.692. The molecule has 1 fully saturated rings. The molecule has 0 aliphatic heterocycles. The Hall–Kier alpha value is -0.470. The Morgan fingerprint density at radius 1 is 1.45 bits per heavy atom. The van der Waals surface area contributed by atoms with Gasteiger partial charge in [0, 0.05) is 25.1 Å². The first kappa shape index (κ1) is 15.9. The van der Waals surface area contributed by atoms with Crippen molar-refractivity contribution >= 4 is 21.4 Å². The van der Waals surface area contributed by atoms with Gasteiger partial charge in [-0.05, 0) is 37.3 Å². The lowest BCUT2D eigenvalue weighted by Gasteiger charge is -2.40. The van der Waals surface area contributed by atoms with E-state index in [9.17, 15) is 8.42 Å². The number of sulfonamides is 1. The highest BCUT2D eigenvalue weighted by Gasteiger charge is 2.38. The van der Waals surface area contributed by atoms with Crippen molar-refractivity contribution < 1.29 is 13.2 Å². The number of nitrogens with one attached hydrogen (secondary N) is 2. The highest BCUT2D eigenvalue weighted by Crippen LogP contribution is 2.34. The van der Waals surface area contributed by atoms with E-state index in [1.807, 2.05) is 12.3 Å². The average Bonchev–Trinajstić information content (AvgIpc) is 2.84. The van der Waals surface area contributed by atoms with Crippen molar-refractivity contribution in [2.75, 3.05) is 20.2 Å². The van der Waals surface area contributed by atoms with Gasteiger partial charge in [-0.25, -0.2) is 13.1 Å². The Labute approximate surface area is 124 Å². The quantitative estimate of drug-likeness (QED) is 0.766. The van der Waals surface area contributed by atoms with Gasteiger partial charge in [-0.15, -0.1) is 11.3 Å². The SMILES string of the molecule is CCNCc1sccc1S(=O)(=O)NCC1(OC)CCC1. The van der Waals surface area contributed by atoms with Crippen molar-refractivity contribution in [1.29, 1.82) is 0 Å². The smallest absolute Gasteiger partial charge is 0.241 e. The van der Waals surface area contributed by atoms with Crippen LogP contribution in [-0.2, 0) is 21.3 Å². The summed E-state index contributed by atoms with van der Waals surface area (Å²) < 4.78 is 32.9. The Balaban J connectivity index is 2.04. The molecule has 1 heterocycles. The zero-order chi connectivity index (χ0) is 14.6. The molecule has 1 aromatic rings.